The Balaban J connectivity index is 1.49. The van der Waals surface area contributed by atoms with E-state index < -0.39 is 21.9 Å². The van der Waals surface area contributed by atoms with Gasteiger partial charge in [-0.05, 0) is 41.3 Å². The molecule has 11 heteroatoms. The minimum atomic E-state index is -3.08. The van der Waals surface area contributed by atoms with Crippen LogP contribution in [0.4, 0.5) is 10.1 Å². The van der Waals surface area contributed by atoms with Gasteiger partial charge in [0.15, 0.2) is 22.4 Å². The van der Waals surface area contributed by atoms with Crippen LogP contribution in [-0.4, -0.2) is 60.1 Å². The van der Waals surface area contributed by atoms with Crippen molar-refractivity contribution in [2.75, 3.05) is 23.0 Å². The van der Waals surface area contributed by atoms with Gasteiger partial charge < -0.3 is 9.64 Å². The first-order chi connectivity index (χ1) is 14.9. The fraction of sp³-hybridized carbons (Fsp3) is 0.350. The lowest BCUT2D eigenvalue weighted by atomic mass is 10.0. The molecule has 0 spiro atoms. The molecule has 8 nitrogen and oxygen atoms in total. The van der Waals surface area contributed by atoms with Gasteiger partial charge in [0, 0.05) is 17.8 Å². The van der Waals surface area contributed by atoms with Gasteiger partial charge in [0.2, 0.25) is 0 Å². The molecule has 2 aliphatic rings. The summed E-state index contributed by atoms with van der Waals surface area (Å²) in [7, 11) is -3.08. The van der Waals surface area contributed by atoms with E-state index in [0.29, 0.717) is 41.9 Å². The van der Waals surface area contributed by atoms with Crippen molar-refractivity contribution in [1.82, 2.24) is 15.0 Å². The van der Waals surface area contributed by atoms with Crippen LogP contribution in [0.25, 0.3) is 11.6 Å². The number of nitrogens with zero attached hydrogens (tertiary/aromatic N) is 4. The number of aldehydes is 1. The number of rotatable bonds is 6. The average Bonchev–Trinajstić information content (AvgIpc) is 3.35. The third kappa shape index (κ3) is 4.94. The van der Waals surface area contributed by atoms with Gasteiger partial charge in [0.25, 0.3) is 0 Å². The number of hydrogen-bond acceptors (Lipinski definition) is 7. The minimum absolute atomic E-state index is 0.0182. The molecule has 0 radical (unpaired) electrons. The Morgan fingerprint density at radius 3 is 2.87 bits per heavy atom. The zero-order chi connectivity index (χ0) is 22.0. The van der Waals surface area contributed by atoms with Crippen LogP contribution in [0.5, 0.6) is 0 Å². The second-order valence-electron chi connectivity index (χ2n) is 7.35. The Bertz CT molecular complexity index is 1150. The van der Waals surface area contributed by atoms with E-state index in [1.54, 1.807) is 45.0 Å². The largest absolute Gasteiger partial charge is 0.344 e. The molecule has 1 aromatic carbocycles. The number of aromatic nitrogens is 3. The highest BCUT2D eigenvalue weighted by molar-refractivity contribution is 9.11. The zero-order valence-electron chi connectivity index (χ0n) is 16.4. The average molecular weight is 511 g/mol. The molecule has 0 bridgehead atoms. The Kier molecular flexibility index (Phi) is 6.35. The maximum Gasteiger partial charge on any atom is 0.187 e. The molecule has 1 unspecified atom stereocenters. The molecule has 1 saturated heterocycles. The van der Waals surface area contributed by atoms with Gasteiger partial charge in [-0.1, -0.05) is 27.2 Å². The van der Waals surface area contributed by atoms with Crippen molar-refractivity contribution in [3.8, 4) is 0 Å². The number of allylic oxidation sites excluding steroid dienone is 1. The highest BCUT2D eigenvalue weighted by Crippen LogP contribution is 2.31. The molecule has 1 aromatic heterocycles. The van der Waals surface area contributed by atoms with Crippen molar-refractivity contribution in [3.63, 3.8) is 0 Å². The van der Waals surface area contributed by atoms with Crippen LogP contribution in [0.1, 0.15) is 17.7 Å². The molecule has 0 amide bonds. The SMILES string of the molecule is O=CC1O[C@@H](Cn2cc(/C=C/Br)nn2)CN1c1ccc(C2=CCS(=O)(=O)CC2)c(F)c1. The summed E-state index contributed by atoms with van der Waals surface area (Å²) in [6.45, 7) is 0.776. The van der Waals surface area contributed by atoms with Gasteiger partial charge in [-0.25, -0.2) is 17.5 Å². The summed E-state index contributed by atoms with van der Waals surface area (Å²) in [5, 5.41) is 8.04. The van der Waals surface area contributed by atoms with Crippen molar-refractivity contribution in [2.45, 2.75) is 25.3 Å². The summed E-state index contributed by atoms with van der Waals surface area (Å²) < 4.78 is 45.5. The summed E-state index contributed by atoms with van der Waals surface area (Å²) in [4.78, 5) is 14.9. The molecule has 1 fully saturated rings. The number of hydrogen-bond donors (Lipinski definition) is 0. The highest BCUT2D eigenvalue weighted by Gasteiger charge is 2.33. The van der Waals surface area contributed by atoms with E-state index in [-0.39, 0.29) is 24.0 Å². The first-order valence-electron chi connectivity index (χ1n) is 9.62. The molecule has 2 aromatic rings. The van der Waals surface area contributed by atoms with Crippen LogP contribution in [0.15, 0.2) is 35.5 Å². The number of halogens is 2. The van der Waals surface area contributed by atoms with Crippen molar-refractivity contribution < 1.29 is 22.3 Å². The first kappa shape index (κ1) is 21.8. The van der Waals surface area contributed by atoms with E-state index in [1.807, 2.05) is 0 Å². The maximum atomic E-state index is 14.9. The summed E-state index contributed by atoms with van der Waals surface area (Å²) in [6, 6.07) is 4.70. The third-order valence-electron chi connectivity index (χ3n) is 5.23. The van der Waals surface area contributed by atoms with Crippen molar-refractivity contribution in [2.24, 2.45) is 0 Å². The van der Waals surface area contributed by atoms with Gasteiger partial charge in [-0.3, -0.25) is 4.79 Å². The third-order valence-corrected chi connectivity index (χ3v) is 7.00. The summed E-state index contributed by atoms with van der Waals surface area (Å²) >= 11 is 3.19. The van der Waals surface area contributed by atoms with Crippen molar-refractivity contribution in [1.29, 1.82) is 0 Å². The van der Waals surface area contributed by atoms with E-state index in [9.17, 15) is 17.6 Å². The Labute approximate surface area is 187 Å². The molecule has 31 heavy (non-hydrogen) atoms. The second-order valence-corrected chi connectivity index (χ2v) is 10.1. The Hall–Kier alpha value is -2.37. The van der Waals surface area contributed by atoms with E-state index >= 15 is 0 Å². The number of anilines is 1. The summed E-state index contributed by atoms with van der Waals surface area (Å²) in [6.07, 6.45) is 4.88. The molecule has 0 saturated carbocycles. The Morgan fingerprint density at radius 2 is 2.19 bits per heavy atom. The van der Waals surface area contributed by atoms with E-state index in [1.165, 1.54) is 6.07 Å². The highest BCUT2D eigenvalue weighted by atomic mass is 79.9. The van der Waals surface area contributed by atoms with Gasteiger partial charge >= 0.3 is 0 Å². The molecule has 2 atom stereocenters. The van der Waals surface area contributed by atoms with Crippen LogP contribution in [0.3, 0.4) is 0 Å². The molecule has 164 valence electrons. The van der Waals surface area contributed by atoms with Crippen molar-refractivity contribution in [3.05, 3.63) is 52.5 Å². The van der Waals surface area contributed by atoms with Crippen LogP contribution in [-0.2, 0) is 25.9 Å². The maximum absolute atomic E-state index is 14.9. The lowest BCUT2D eigenvalue weighted by Crippen LogP contribution is -2.31. The minimum Gasteiger partial charge on any atom is -0.344 e. The van der Waals surface area contributed by atoms with Crippen LogP contribution < -0.4 is 4.90 Å². The standard InChI is InChI=1S/C20H20BrFN4O4S/c21-6-3-15-10-25(24-23-15)11-17-12-26(20(13-27)30-17)16-1-2-18(19(22)9-16)14-4-7-31(28,29)8-5-14/h1-4,6,9-10,13,17,20H,5,7-8,11-12H2/b6-3+/t17-,20?/m0/s1. The van der Waals surface area contributed by atoms with Crippen molar-refractivity contribution >= 4 is 49.4 Å². The van der Waals surface area contributed by atoms with Gasteiger partial charge in [-0.2, -0.15) is 0 Å². The van der Waals surface area contributed by atoms with Crippen LogP contribution in [0.2, 0.25) is 0 Å². The lowest BCUT2D eigenvalue weighted by Gasteiger charge is -2.22. The van der Waals surface area contributed by atoms with Crippen LogP contribution in [0, 0.1) is 5.82 Å². The summed E-state index contributed by atoms with van der Waals surface area (Å²) in [5.41, 5.74) is 2.27. The second kappa shape index (κ2) is 9.01. The molecule has 3 heterocycles. The van der Waals surface area contributed by atoms with E-state index in [0.717, 1.165) is 0 Å². The van der Waals surface area contributed by atoms with E-state index in [2.05, 4.69) is 26.2 Å². The van der Waals surface area contributed by atoms with E-state index in [4.69, 9.17) is 4.74 Å². The fourth-order valence-electron chi connectivity index (χ4n) is 3.71. The Morgan fingerprint density at radius 1 is 1.35 bits per heavy atom. The monoisotopic (exact) mass is 510 g/mol. The zero-order valence-corrected chi connectivity index (χ0v) is 18.8. The molecule has 4 rings (SSSR count). The number of ether oxygens (including phenoxy) is 1. The molecule has 0 N–H and O–H groups in total. The van der Waals surface area contributed by atoms with Gasteiger partial charge in [0.05, 0.1) is 30.4 Å². The topological polar surface area (TPSA) is 94.4 Å². The van der Waals surface area contributed by atoms with Crippen LogP contribution >= 0.6 is 15.9 Å². The quantitative estimate of drug-likeness (QED) is 0.550. The number of carbonyl (C=O) groups is 1. The lowest BCUT2D eigenvalue weighted by molar-refractivity contribution is -0.117. The normalized spacial score (nSPS) is 23.3. The number of carbonyl (C=O) groups excluding carboxylic acids is 1. The molecule has 2 aliphatic heterocycles. The number of benzene rings is 1. The van der Waals surface area contributed by atoms with Gasteiger partial charge in [0.1, 0.15) is 11.5 Å². The predicted molar refractivity (Wildman–Crippen MR) is 118 cm³/mol. The summed E-state index contributed by atoms with van der Waals surface area (Å²) in [5.74, 6) is -0.517. The first-order valence-corrected chi connectivity index (χ1v) is 12.4. The molecular weight excluding hydrogens is 491 g/mol. The van der Waals surface area contributed by atoms with Gasteiger partial charge in [-0.15, -0.1) is 5.10 Å². The fourth-order valence-corrected chi connectivity index (χ4v) is 5.14. The molecule has 0 aliphatic carbocycles. The molecular formula is C20H20BrFN4O4S. The number of sulfone groups is 1. The smallest absolute Gasteiger partial charge is 0.187 e. The predicted octanol–water partition coefficient (Wildman–Crippen LogP) is 2.42.